The number of ether oxygens (including phenoxy) is 1. The van der Waals surface area contributed by atoms with Gasteiger partial charge in [-0.2, -0.15) is 0 Å². The number of carbonyl (C=O) groups is 2. The van der Waals surface area contributed by atoms with Crippen LogP contribution in [0, 0.1) is 0 Å². The van der Waals surface area contributed by atoms with Gasteiger partial charge in [0.2, 0.25) is 0 Å². The summed E-state index contributed by atoms with van der Waals surface area (Å²) in [7, 11) is 0. The Morgan fingerprint density at radius 1 is 1.19 bits per heavy atom. The minimum atomic E-state index is -0.514. The Bertz CT molecular complexity index is 631. The molecule has 2 aliphatic rings. The fraction of sp³-hybridized carbons (Fsp3) is 0.579. The first-order valence-electron chi connectivity index (χ1n) is 9.19. The summed E-state index contributed by atoms with van der Waals surface area (Å²) < 4.78 is 5.57. The molecule has 1 aromatic rings. The number of carbonyl (C=O) groups excluding carboxylic acids is 2. The molecule has 3 atom stereocenters. The van der Waals surface area contributed by atoms with Crippen LogP contribution in [-0.4, -0.2) is 64.7 Å². The summed E-state index contributed by atoms with van der Waals surface area (Å²) in [5.41, 5.74) is 3.15. The lowest BCUT2D eigenvalue weighted by Crippen LogP contribution is -2.60. The molecule has 0 spiro atoms. The van der Waals surface area contributed by atoms with Gasteiger partial charge in [0.1, 0.15) is 6.10 Å². The molecule has 2 fully saturated rings. The smallest absolute Gasteiger partial charge is 0.274 e. The third-order valence-electron chi connectivity index (χ3n) is 5.18. The van der Waals surface area contributed by atoms with Gasteiger partial charge in [0.25, 0.3) is 11.8 Å². The van der Waals surface area contributed by atoms with Crippen molar-refractivity contribution in [1.29, 1.82) is 0 Å². The van der Waals surface area contributed by atoms with Crippen LogP contribution < -0.4 is 5.48 Å². The fourth-order valence-electron chi connectivity index (χ4n) is 4.02. The highest BCUT2D eigenvalue weighted by molar-refractivity contribution is 5.93. The largest absolute Gasteiger partial charge is 0.368 e. The molecule has 2 saturated heterocycles. The lowest BCUT2D eigenvalue weighted by Gasteiger charge is -2.45. The molecule has 7 heteroatoms. The van der Waals surface area contributed by atoms with Crippen LogP contribution in [0.15, 0.2) is 24.3 Å². The summed E-state index contributed by atoms with van der Waals surface area (Å²) in [5, 5.41) is 8.68. The van der Waals surface area contributed by atoms with Gasteiger partial charge in [0.15, 0.2) is 0 Å². The van der Waals surface area contributed by atoms with E-state index in [4.69, 9.17) is 9.94 Å². The molecule has 0 saturated carbocycles. The van der Waals surface area contributed by atoms with E-state index in [-0.39, 0.29) is 24.1 Å². The van der Waals surface area contributed by atoms with Crippen LogP contribution in [0.1, 0.15) is 42.6 Å². The number of benzene rings is 1. The molecule has 1 aromatic carbocycles. The Labute approximate surface area is 153 Å². The fourth-order valence-corrected chi connectivity index (χ4v) is 4.02. The monoisotopic (exact) mass is 361 g/mol. The first-order chi connectivity index (χ1) is 12.5. The Kier molecular flexibility index (Phi) is 5.90. The van der Waals surface area contributed by atoms with Gasteiger partial charge < -0.3 is 9.64 Å². The summed E-state index contributed by atoms with van der Waals surface area (Å²) in [6.45, 7) is 7.23. The second kappa shape index (κ2) is 8.16. The van der Waals surface area contributed by atoms with E-state index in [0.717, 1.165) is 38.0 Å². The van der Waals surface area contributed by atoms with Crippen LogP contribution >= 0.6 is 0 Å². The van der Waals surface area contributed by atoms with E-state index in [1.165, 1.54) is 0 Å². The van der Waals surface area contributed by atoms with Gasteiger partial charge in [0.05, 0.1) is 0 Å². The van der Waals surface area contributed by atoms with Gasteiger partial charge in [-0.15, -0.1) is 0 Å². The standard InChI is InChI=1S/C19H27N3O4/c1-13-10-21(12-15-5-7-16(8-6-15)18(23)20-25)11-14(2)22(13)19(24)17-4-3-9-26-17/h5-8,13-14,17,25H,3-4,9-12H2,1-2H3,(H,20,23)/t13-,14+,17?. The zero-order chi connectivity index (χ0) is 18.7. The van der Waals surface area contributed by atoms with E-state index in [0.29, 0.717) is 12.2 Å². The van der Waals surface area contributed by atoms with Crippen molar-refractivity contribution in [2.75, 3.05) is 19.7 Å². The summed E-state index contributed by atoms with van der Waals surface area (Å²) in [6.07, 6.45) is 1.52. The van der Waals surface area contributed by atoms with Crippen molar-refractivity contribution in [1.82, 2.24) is 15.3 Å². The van der Waals surface area contributed by atoms with E-state index in [1.807, 2.05) is 17.0 Å². The summed E-state index contributed by atoms with van der Waals surface area (Å²) >= 11 is 0. The lowest BCUT2D eigenvalue weighted by atomic mass is 10.0. The first-order valence-corrected chi connectivity index (χ1v) is 9.19. The van der Waals surface area contributed by atoms with E-state index in [2.05, 4.69) is 18.7 Å². The number of nitrogens with zero attached hydrogens (tertiary/aromatic N) is 2. The molecule has 2 heterocycles. The predicted molar refractivity (Wildman–Crippen MR) is 95.7 cm³/mol. The molecular weight excluding hydrogens is 334 g/mol. The number of hydroxylamine groups is 1. The third kappa shape index (κ3) is 4.06. The number of hydrogen-bond acceptors (Lipinski definition) is 5. The average molecular weight is 361 g/mol. The van der Waals surface area contributed by atoms with Crippen LogP contribution in [0.4, 0.5) is 0 Å². The molecule has 142 valence electrons. The SMILES string of the molecule is C[C@@H]1CN(Cc2ccc(C(=O)NO)cc2)C[C@H](C)N1C(=O)C1CCCO1. The predicted octanol–water partition coefficient (Wildman–Crippen LogP) is 1.41. The van der Waals surface area contributed by atoms with Crippen LogP contribution in [0.25, 0.3) is 0 Å². The van der Waals surface area contributed by atoms with E-state index < -0.39 is 5.91 Å². The maximum atomic E-state index is 12.7. The molecule has 0 bridgehead atoms. The minimum absolute atomic E-state index is 0.126. The van der Waals surface area contributed by atoms with Gasteiger partial charge >= 0.3 is 0 Å². The normalized spacial score (nSPS) is 26.7. The summed E-state index contributed by atoms with van der Waals surface area (Å²) in [4.78, 5) is 28.4. The van der Waals surface area contributed by atoms with Crippen LogP contribution in [0.2, 0.25) is 0 Å². The van der Waals surface area contributed by atoms with Crippen molar-refractivity contribution < 1.29 is 19.5 Å². The number of rotatable bonds is 4. The number of nitrogens with one attached hydrogen (secondary N) is 1. The van der Waals surface area contributed by atoms with Gasteiger partial charge in [-0.05, 0) is 44.4 Å². The van der Waals surface area contributed by atoms with Crippen molar-refractivity contribution >= 4 is 11.8 Å². The van der Waals surface area contributed by atoms with Gasteiger partial charge in [-0.1, -0.05) is 12.1 Å². The molecular formula is C19H27N3O4. The van der Waals surface area contributed by atoms with Crippen molar-refractivity contribution in [3.8, 4) is 0 Å². The van der Waals surface area contributed by atoms with Crippen molar-refractivity contribution in [2.24, 2.45) is 0 Å². The van der Waals surface area contributed by atoms with Gasteiger partial charge in [-0.3, -0.25) is 19.7 Å². The number of hydrogen-bond donors (Lipinski definition) is 2. The van der Waals surface area contributed by atoms with Crippen molar-refractivity contribution in [3.63, 3.8) is 0 Å². The molecule has 1 unspecified atom stereocenters. The van der Waals surface area contributed by atoms with Crippen molar-refractivity contribution in [2.45, 2.75) is 51.4 Å². The Morgan fingerprint density at radius 3 is 2.38 bits per heavy atom. The highest BCUT2D eigenvalue weighted by Gasteiger charge is 2.37. The van der Waals surface area contributed by atoms with E-state index in [9.17, 15) is 9.59 Å². The molecule has 2 aliphatic heterocycles. The molecule has 0 aromatic heterocycles. The maximum Gasteiger partial charge on any atom is 0.274 e. The number of piperazine rings is 1. The second-order valence-corrected chi connectivity index (χ2v) is 7.28. The minimum Gasteiger partial charge on any atom is -0.368 e. The lowest BCUT2D eigenvalue weighted by molar-refractivity contribution is -0.149. The van der Waals surface area contributed by atoms with Crippen LogP contribution in [0.3, 0.4) is 0 Å². The molecule has 2 amide bonds. The molecule has 26 heavy (non-hydrogen) atoms. The maximum absolute atomic E-state index is 12.7. The Balaban J connectivity index is 1.60. The highest BCUT2D eigenvalue weighted by atomic mass is 16.5. The zero-order valence-corrected chi connectivity index (χ0v) is 15.4. The van der Waals surface area contributed by atoms with E-state index in [1.54, 1.807) is 17.6 Å². The summed E-state index contributed by atoms with van der Waals surface area (Å²) in [5.74, 6) is -0.387. The van der Waals surface area contributed by atoms with Crippen molar-refractivity contribution in [3.05, 3.63) is 35.4 Å². The van der Waals surface area contributed by atoms with Gasteiger partial charge in [0, 0.05) is 43.9 Å². The molecule has 0 aliphatic carbocycles. The average Bonchev–Trinajstić information content (AvgIpc) is 3.15. The number of amides is 2. The second-order valence-electron chi connectivity index (χ2n) is 7.28. The van der Waals surface area contributed by atoms with E-state index >= 15 is 0 Å². The third-order valence-corrected chi connectivity index (χ3v) is 5.18. The highest BCUT2D eigenvalue weighted by Crippen LogP contribution is 2.23. The van der Waals surface area contributed by atoms with Crippen LogP contribution in [-0.2, 0) is 16.1 Å². The molecule has 7 nitrogen and oxygen atoms in total. The quantitative estimate of drug-likeness (QED) is 0.626. The molecule has 3 rings (SSSR count). The van der Waals surface area contributed by atoms with Gasteiger partial charge in [-0.25, -0.2) is 5.48 Å². The molecule has 2 N–H and O–H groups in total. The first kappa shape index (κ1) is 18.8. The zero-order valence-electron chi connectivity index (χ0n) is 15.4. The Morgan fingerprint density at radius 2 is 1.85 bits per heavy atom. The topological polar surface area (TPSA) is 82.1 Å². The Hall–Kier alpha value is -1.96. The molecule has 0 radical (unpaired) electrons. The van der Waals surface area contributed by atoms with Crippen LogP contribution in [0.5, 0.6) is 0 Å². The summed E-state index contributed by atoms with van der Waals surface area (Å²) in [6, 6.07) is 7.45.